The number of hydrogen-bond acceptors (Lipinski definition) is 7. The Morgan fingerprint density at radius 2 is 1.04 bits per heavy atom. The molecule has 52 heavy (non-hydrogen) atoms. The van der Waals surface area contributed by atoms with Crippen LogP contribution in [0.3, 0.4) is 0 Å². The Balaban J connectivity index is 0.000000511. The smallest absolute Gasteiger partial charge is 0.251 e. The zero-order chi connectivity index (χ0) is 38.6. The Kier molecular flexibility index (Phi) is 14.5. The van der Waals surface area contributed by atoms with Crippen LogP contribution in [-0.2, 0) is 52.8 Å². The summed E-state index contributed by atoms with van der Waals surface area (Å²) in [4.78, 5) is 6.70. The summed E-state index contributed by atoms with van der Waals surface area (Å²) in [6, 6.07) is 16.3. The first-order chi connectivity index (χ1) is 23.3. The van der Waals surface area contributed by atoms with Crippen molar-refractivity contribution < 1.29 is 48.8 Å². The molecule has 2 aromatic heterocycles. The van der Waals surface area contributed by atoms with Gasteiger partial charge in [-0.2, -0.15) is 43.2 Å². The number of nitrogens with zero attached hydrogens (tertiary/aromatic N) is 4. The Hall–Kier alpha value is -3.68. The van der Waals surface area contributed by atoms with Crippen LogP contribution in [0.25, 0.3) is 0 Å². The highest BCUT2D eigenvalue weighted by atomic mass is 32.3. The van der Waals surface area contributed by atoms with Crippen LogP contribution in [0, 0.1) is 13.8 Å². The molecule has 4 rings (SSSR count). The molecule has 0 radical (unpaired) electrons. The van der Waals surface area contributed by atoms with E-state index in [1.165, 1.54) is 37.3 Å². The van der Waals surface area contributed by atoms with Crippen molar-refractivity contribution in [1.82, 2.24) is 9.97 Å². The SMILES string of the molecule is C.Cc1ccc(S(=O)(=O)N=S(C)(=O)C(C)c2ccc(C(F)(F)F)nc2)cc1.Cc1ccc(S(=O)(=O)N=S(C)C(C)c2ccc(C(F)(F)F)nc2)cc1.[2HH]. The summed E-state index contributed by atoms with van der Waals surface area (Å²) >= 11 is 0. The quantitative estimate of drug-likeness (QED) is 0.162. The number of benzene rings is 2. The first-order valence-corrected chi connectivity index (χ1v) is 21.2. The normalized spacial score (nSPS) is 15.2. The highest BCUT2D eigenvalue weighted by molar-refractivity contribution is 8.03. The first kappa shape index (κ1) is 44.5. The lowest BCUT2D eigenvalue weighted by atomic mass is 10.2. The second-order valence-corrected chi connectivity index (χ2v) is 19.6. The summed E-state index contributed by atoms with van der Waals surface area (Å²) < 4.78 is 145. The lowest BCUT2D eigenvalue weighted by molar-refractivity contribution is -0.142. The Morgan fingerprint density at radius 3 is 1.40 bits per heavy atom. The van der Waals surface area contributed by atoms with Gasteiger partial charge in [0.25, 0.3) is 20.0 Å². The van der Waals surface area contributed by atoms with E-state index in [4.69, 9.17) is 0 Å². The van der Waals surface area contributed by atoms with Gasteiger partial charge in [0, 0.05) is 25.3 Å². The standard InChI is InChI=1S/C16H17F3N2O3S2.C16H17F3N2O2S2.CH4.H2/c1-11-4-7-14(8-5-11)26(23,24)21-25(3,22)12(2)13-6-9-15(20-10-13)16(17,18)19;1-11-4-7-14(8-5-11)25(22,23)21-24(3)12(2)13-6-9-15(20-10-13)16(17,18)19;;/h4-10,12H,1-3H3;4-10,12H,1-3H3;1H4;1H/i;;;1+1. The molecule has 0 bridgehead atoms. The minimum absolute atomic E-state index is 0. The van der Waals surface area contributed by atoms with Crippen molar-refractivity contribution in [2.45, 2.75) is 67.8 Å². The van der Waals surface area contributed by atoms with E-state index < -0.39 is 69.5 Å². The zero-order valence-electron chi connectivity index (χ0n) is 28.0. The largest absolute Gasteiger partial charge is 0.433 e. The number of alkyl halides is 6. The first-order valence-electron chi connectivity index (χ1n) is 14.6. The number of rotatable bonds is 8. The van der Waals surface area contributed by atoms with Crippen LogP contribution in [0.1, 0.15) is 66.8 Å². The third-order valence-electron chi connectivity index (χ3n) is 7.36. The van der Waals surface area contributed by atoms with Crippen molar-refractivity contribution in [2.24, 2.45) is 7.54 Å². The minimum Gasteiger partial charge on any atom is -0.251 e. The van der Waals surface area contributed by atoms with Crippen LogP contribution in [-0.4, -0.2) is 43.5 Å². The van der Waals surface area contributed by atoms with E-state index in [-0.39, 0.29) is 29.5 Å². The van der Waals surface area contributed by atoms with Gasteiger partial charge in [-0.05, 0) is 81.5 Å². The van der Waals surface area contributed by atoms with Crippen LogP contribution in [0.2, 0.25) is 0 Å². The molecule has 288 valence electrons. The van der Waals surface area contributed by atoms with Crippen LogP contribution in [0.5, 0.6) is 0 Å². The second kappa shape index (κ2) is 17.0. The third kappa shape index (κ3) is 11.9. The molecule has 0 aliphatic rings. The van der Waals surface area contributed by atoms with E-state index in [9.17, 15) is 47.4 Å². The summed E-state index contributed by atoms with van der Waals surface area (Å²) in [6.45, 7) is 6.77. The fourth-order valence-corrected chi connectivity index (χ4v) is 10.7. The lowest BCUT2D eigenvalue weighted by Gasteiger charge is -2.15. The van der Waals surface area contributed by atoms with Gasteiger partial charge in [0.1, 0.15) is 11.4 Å². The number of pyridine rings is 2. The fourth-order valence-electron chi connectivity index (χ4n) is 4.06. The maximum Gasteiger partial charge on any atom is 0.433 e. The average molecular weight is 816 g/mol. The topological polar surface area (TPSA) is 136 Å². The highest BCUT2D eigenvalue weighted by Crippen LogP contribution is 2.31. The van der Waals surface area contributed by atoms with Gasteiger partial charge in [0.05, 0.1) is 24.8 Å². The van der Waals surface area contributed by atoms with Crippen LogP contribution < -0.4 is 0 Å². The van der Waals surface area contributed by atoms with Gasteiger partial charge in [0.2, 0.25) is 0 Å². The zero-order valence-corrected chi connectivity index (χ0v) is 31.2. The molecule has 4 aromatic rings. The third-order valence-corrected chi connectivity index (χ3v) is 15.7. The van der Waals surface area contributed by atoms with Gasteiger partial charge in [-0.1, -0.05) is 65.6 Å². The maximum absolute atomic E-state index is 12.8. The Bertz CT molecular complexity index is 2210. The summed E-state index contributed by atoms with van der Waals surface area (Å²) in [5.41, 5.74) is 0.419. The van der Waals surface area contributed by atoms with Crippen LogP contribution >= 0.6 is 0 Å². The monoisotopic (exact) mass is 815 g/mol. The molecule has 0 spiro atoms. The van der Waals surface area contributed by atoms with E-state index in [2.05, 4.69) is 17.5 Å². The summed E-state index contributed by atoms with van der Waals surface area (Å²) in [5, 5.41) is -1.31. The Labute approximate surface area is 304 Å². The molecular weight excluding hydrogens is 775 g/mol. The molecule has 0 saturated heterocycles. The van der Waals surface area contributed by atoms with Gasteiger partial charge < -0.3 is 0 Å². The van der Waals surface area contributed by atoms with Gasteiger partial charge in [0.15, 0.2) is 0 Å². The molecule has 9 nitrogen and oxygen atoms in total. The highest BCUT2D eigenvalue weighted by Gasteiger charge is 2.33. The van der Waals surface area contributed by atoms with Gasteiger partial charge >= 0.3 is 12.4 Å². The molecule has 4 atom stereocenters. The number of aromatic nitrogens is 2. The number of aryl methyl sites for hydroxylation is 2. The number of hydrogen-bond donors (Lipinski definition) is 0. The minimum atomic E-state index is -4.59. The van der Waals surface area contributed by atoms with Gasteiger partial charge in [-0.25, -0.2) is 4.21 Å². The molecule has 0 saturated carbocycles. The van der Waals surface area contributed by atoms with E-state index in [1.807, 2.05) is 6.92 Å². The maximum atomic E-state index is 12.8. The average Bonchev–Trinajstić information content (AvgIpc) is 3.03. The van der Waals surface area contributed by atoms with E-state index in [1.54, 1.807) is 44.4 Å². The van der Waals surface area contributed by atoms with E-state index >= 15 is 0 Å². The van der Waals surface area contributed by atoms with Crippen molar-refractivity contribution in [3.05, 3.63) is 119 Å². The molecule has 2 aromatic carbocycles. The molecule has 2 heterocycles. The van der Waals surface area contributed by atoms with Crippen molar-refractivity contribution in [1.29, 1.82) is 0 Å². The molecule has 0 fully saturated rings. The molecule has 19 heteroatoms. The van der Waals surface area contributed by atoms with Crippen molar-refractivity contribution >= 4 is 40.5 Å². The summed E-state index contributed by atoms with van der Waals surface area (Å²) in [7, 11) is -12.3. The summed E-state index contributed by atoms with van der Waals surface area (Å²) in [6.07, 6.45) is -4.26. The molecule has 0 amide bonds. The molecular formula is C33H40F6N4O5S4. The molecule has 0 aliphatic carbocycles. The van der Waals surface area contributed by atoms with E-state index in [0.717, 1.165) is 48.0 Å². The van der Waals surface area contributed by atoms with E-state index in [0.29, 0.717) is 5.56 Å². The van der Waals surface area contributed by atoms with Crippen LogP contribution in [0.15, 0.2) is 103 Å². The van der Waals surface area contributed by atoms with Crippen LogP contribution in [0.4, 0.5) is 26.3 Å². The predicted molar refractivity (Wildman–Crippen MR) is 193 cm³/mol. The molecule has 0 aliphatic heterocycles. The van der Waals surface area contributed by atoms with Crippen molar-refractivity contribution in [2.75, 3.05) is 12.5 Å². The number of sulfonamides is 2. The van der Waals surface area contributed by atoms with Gasteiger partial charge in [-0.15, -0.1) is 7.54 Å². The summed E-state index contributed by atoms with van der Waals surface area (Å²) in [5.74, 6) is 0. The lowest BCUT2D eigenvalue weighted by Crippen LogP contribution is -2.13. The molecule has 0 N–H and O–H groups in total. The fraction of sp³-hybridized carbons (Fsp3) is 0.333. The molecule has 4 unspecified atom stereocenters. The van der Waals surface area contributed by atoms with Crippen molar-refractivity contribution in [3.8, 4) is 0 Å². The second-order valence-electron chi connectivity index (χ2n) is 11.3. The Morgan fingerprint density at radius 1 is 0.654 bits per heavy atom. The number of halogens is 6. The van der Waals surface area contributed by atoms with Gasteiger partial charge in [-0.3, -0.25) is 9.97 Å². The predicted octanol–water partition coefficient (Wildman–Crippen LogP) is 9.13. The van der Waals surface area contributed by atoms with Crippen molar-refractivity contribution in [3.63, 3.8) is 0 Å².